The Morgan fingerprint density at radius 1 is 1.29 bits per heavy atom. The molecule has 1 amide bonds. The fourth-order valence-corrected chi connectivity index (χ4v) is 2.11. The van der Waals surface area contributed by atoms with Crippen LogP contribution < -0.4 is 9.47 Å². The molecule has 1 heterocycles. The van der Waals surface area contributed by atoms with Crippen LogP contribution >= 0.6 is 0 Å². The van der Waals surface area contributed by atoms with Crippen LogP contribution in [0.3, 0.4) is 0 Å². The number of carbonyl (C=O) groups is 2. The Morgan fingerprint density at radius 2 is 2.05 bits per heavy atom. The molecule has 114 valence electrons. The van der Waals surface area contributed by atoms with Crippen LogP contribution in [0, 0.1) is 0 Å². The molecule has 0 unspecified atom stereocenters. The zero-order valence-electron chi connectivity index (χ0n) is 12.3. The largest absolute Gasteiger partial charge is 0.486 e. The second-order valence-electron chi connectivity index (χ2n) is 4.74. The van der Waals surface area contributed by atoms with E-state index >= 15 is 0 Å². The zero-order valence-corrected chi connectivity index (χ0v) is 12.3. The van der Waals surface area contributed by atoms with Crippen molar-refractivity contribution >= 4 is 11.9 Å². The number of benzene rings is 1. The van der Waals surface area contributed by atoms with Gasteiger partial charge >= 0.3 is 5.97 Å². The van der Waals surface area contributed by atoms with Crippen molar-refractivity contribution in [3.63, 3.8) is 0 Å². The Labute approximate surface area is 123 Å². The summed E-state index contributed by atoms with van der Waals surface area (Å²) in [4.78, 5) is 25.1. The molecular formula is C15H19NO5. The predicted octanol–water partition coefficient (Wildman–Crippen LogP) is 1.48. The molecule has 0 saturated heterocycles. The standard InChI is InChI=1S/C15H19NO5/c1-16(8-4-7-13(17)19-2)15(18)11-5-3-6-12-14(11)21-10-9-20-12/h3,5-6H,4,7-10H2,1-2H3. The molecule has 1 aromatic rings. The number of hydrogen-bond acceptors (Lipinski definition) is 5. The molecule has 21 heavy (non-hydrogen) atoms. The minimum absolute atomic E-state index is 0.151. The van der Waals surface area contributed by atoms with Gasteiger partial charge in [-0.2, -0.15) is 0 Å². The maximum Gasteiger partial charge on any atom is 0.305 e. The van der Waals surface area contributed by atoms with Gasteiger partial charge in [0.25, 0.3) is 5.91 Å². The highest BCUT2D eigenvalue weighted by Crippen LogP contribution is 2.34. The number of rotatable bonds is 5. The van der Waals surface area contributed by atoms with Crippen molar-refractivity contribution in [2.45, 2.75) is 12.8 Å². The molecule has 1 aliphatic heterocycles. The first-order valence-electron chi connectivity index (χ1n) is 6.84. The summed E-state index contributed by atoms with van der Waals surface area (Å²) < 4.78 is 15.6. The van der Waals surface area contributed by atoms with E-state index in [1.54, 1.807) is 30.1 Å². The van der Waals surface area contributed by atoms with E-state index in [2.05, 4.69) is 4.74 Å². The SMILES string of the molecule is COC(=O)CCCN(C)C(=O)c1cccc2c1OCCO2. The third-order valence-electron chi connectivity index (χ3n) is 3.25. The van der Waals surface area contributed by atoms with Gasteiger partial charge in [0.2, 0.25) is 0 Å². The number of para-hydroxylation sites is 1. The minimum atomic E-state index is -0.273. The molecule has 0 bridgehead atoms. The van der Waals surface area contributed by atoms with E-state index in [0.29, 0.717) is 49.7 Å². The average molecular weight is 293 g/mol. The Balaban J connectivity index is 2.01. The van der Waals surface area contributed by atoms with E-state index in [1.807, 2.05) is 0 Å². The number of fused-ring (bicyclic) bond motifs is 1. The van der Waals surface area contributed by atoms with Crippen LogP contribution in [0.4, 0.5) is 0 Å². The molecule has 0 atom stereocenters. The van der Waals surface area contributed by atoms with E-state index in [-0.39, 0.29) is 11.9 Å². The van der Waals surface area contributed by atoms with Crippen molar-refractivity contribution in [3.05, 3.63) is 23.8 Å². The maximum absolute atomic E-state index is 12.4. The van der Waals surface area contributed by atoms with Crippen molar-refractivity contribution in [2.24, 2.45) is 0 Å². The lowest BCUT2D eigenvalue weighted by atomic mass is 10.1. The first-order chi connectivity index (χ1) is 10.1. The van der Waals surface area contributed by atoms with Gasteiger partial charge in [-0.25, -0.2) is 0 Å². The fourth-order valence-electron chi connectivity index (χ4n) is 2.11. The molecule has 0 fully saturated rings. The highest BCUT2D eigenvalue weighted by molar-refractivity contribution is 5.97. The molecule has 0 aliphatic carbocycles. The van der Waals surface area contributed by atoms with E-state index in [9.17, 15) is 9.59 Å². The van der Waals surface area contributed by atoms with E-state index in [0.717, 1.165) is 0 Å². The van der Waals surface area contributed by atoms with Crippen LogP contribution in [0.15, 0.2) is 18.2 Å². The van der Waals surface area contributed by atoms with Crippen LogP contribution in [-0.4, -0.2) is 50.7 Å². The molecule has 0 spiro atoms. The minimum Gasteiger partial charge on any atom is -0.486 e. The van der Waals surface area contributed by atoms with Gasteiger partial charge in [-0.3, -0.25) is 9.59 Å². The van der Waals surface area contributed by atoms with Crippen LogP contribution in [0.25, 0.3) is 0 Å². The van der Waals surface area contributed by atoms with E-state index in [4.69, 9.17) is 9.47 Å². The third-order valence-corrected chi connectivity index (χ3v) is 3.25. The Kier molecular flexibility index (Phi) is 5.03. The molecular weight excluding hydrogens is 274 g/mol. The van der Waals surface area contributed by atoms with Gasteiger partial charge in [0.05, 0.1) is 12.7 Å². The highest BCUT2D eigenvalue weighted by atomic mass is 16.6. The van der Waals surface area contributed by atoms with Crippen molar-refractivity contribution < 1.29 is 23.8 Å². The monoisotopic (exact) mass is 293 g/mol. The van der Waals surface area contributed by atoms with Crippen molar-refractivity contribution in [3.8, 4) is 11.5 Å². The molecule has 1 aromatic carbocycles. The average Bonchev–Trinajstić information content (AvgIpc) is 2.53. The lowest BCUT2D eigenvalue weighted by molar-refractivity contribution is -0.140. The second kappa shape index (κ2) is 6.97. The van der Waals surface area contributed by atoms with Gasteiger partial charge in [-0.05, 0) is 18.6 Å². The van der Waals surface area contributed by atoms with Crippen LogP contribution in [0.5, 0.6) is 11.5 Å². The number of amides is 1. The van der Waals surface area contributed by atoms with E-state index < -0.39 is 0 Å². The normalized spacial score (nSPS) is 12.7. The third kappa shape index (κ3) is 3.65. The van der Waals surface area contributed by atoms with E-state index in [1.165, 1.54) is 7.11 Å². The Hall–Kier alpha value is -2.24. The molecule has 1 aliphatic rings. The van der Waals surface area contributed by atoms with Gasteiger partial charge in [0.1, 0.15) is 13.2 Å². The molecule has 6 nitrogen and oxygen atoms in total. The lowest BCUT2D eigenvalue weighted by Gasteiger charge is -2.23. The number of esters is 1. The first-order valence-corrected chi connectivity index (χ1v) is 6.84. The Morgan fingerprint density at radius 3 is 2.81 bits per heavy atom. The van der Waals surface area contributed by atoms with Gasteiger partial charge in [-0.15, -0.1) is 0 Å². The summed E-state index contributed by atoms with van der Waals surface area (Å²) in [5, 5.41) is 0. The Bertz CT molecular complexity index is 529. The summed E-state index contributed by atoms with van der Waals surface area (Å²) in [7, 11) is 3.05. The number of nitrogens with zero attached hydrogens (tertiary/aromatic N) is 1. The smallest absolute Gasteiger partial charge is 0.305 e. The van der Waals surface area contributed by atoms with Crippen LogP contribution in [-0.2, 0) is 9.53 Å². The molecule has 6 heteroatoms. The molecule has 0 saturated carbocycles. The number of carbonyl (C=O) groups excluding carboxylic acids is 2. The fraction of sp³-hybridized carbons (Fsp3) is 0.467. The summed E-state index contributed by atoms with van der Waals surface area (Å²) in [6.45, 7) is 1.39. The quantitative estimate of drug-likeness (QED) is 0.769. The summed E-state index contributed by atoms with van der Waals surface area (Å²) >= 11 is 0. The topological polar surface area (TPSA) is 65.1 Å². The van der Waals surface area contributed by atoms with Crippen LogP contribution in [0.2, 0.25) is 0 Å². The first kappa shape index (κ1) is 15.2. The summed E-state index contributed by atoms with van der Waals surface area (Å²) in [6, 6.07) is 5.26. The zero-order chi connectivity index (χ0) is 15.2. The lowest BCUT2D eigenvalue weighted by Crippen LogP contribution is -2.29. The van der Waals surface area contributed by atoms with Gasteiger partial charge in [-0.1, -0.05) is 6.07 Å². The maximum atomic E-state index is 12.4. The van der Waals surface area contributed by atoms with Gasteiger partial charge in [0, 0.05) is 20.0 Å². The summed E-state index contributed by atoms with van der Waals surface area (Å²) in [5.41, 5.74) is 0.479. The van der Waals surface area contributed by atoms with Gasteiger partial charge < -0.3 is 19.1 Å². The highest BCUT2D eigenvalue weighted by Gasteiger charge is 2.22. The van der Waals surface area contributed by atoms with Gasteiger partial charge in [0.15, 0.2) is 11.5 Å². The molecule has 0 aromatic heterocycles. The number of hydrogen-bond donors (Lipinski definition) is 0. The number of ether oxygens (including phenoxy) is 3. The predicted molar refractivity (Wildman–Crippen MR) is 75.6 cm³/mol. The second-order valence-corrected chi connectivity index (χ2v) is 4.74. The molecule has 2 rings (SSSR count). The molecule has 0 radical (unpaired) electrons. The summed E-state index contributed by atoms with van der Waals surface area (Å²) in [5.74, 6) is 0.663. The van der Waals surface area contributed by atoms with Crippen molar-refractivity contribution in [1.29, 1.82) is 0 Å². The van der Waals surface area contributed by atoms with Crippen LogP contribution in [0.1, 0.15) is 23.2 Å². The van der Waals surface area contributed by atoms with Crippen molar-refractivity contribution in [1.82, 2.24) is 4.90 Å². The van der Waals surface area contributed by atoms with Crippen molar-refractivity contribution in [2.75, 3.05) is 33.9 Å². The molecule has 0 N–H and O–H groups in total. The number of methoxy groups -OCH3 is 1. The summed E-state index contributed by atoms with van der Waals surface area (Å²) in [6.07, 6.45) is 0.849.